The maximum absolute atomic E-state index is 14.1. The number of aliphatic hydroxyl groups is 1. The second-order valence-electron chi connectivity index (χ2n) is 5.74. The van der Waals surface area contributed by atoms with Crippen molar-refractivity contribution in [3.63, 3.8) is 0 Å². The van der Waals surface area contributed by atoms with Crippen LogP contribution in [0.4, 0.5) is 17.6 Å². The Labute approximate surface area is 150 Å². The minimum Gasteiger partial charge on any atom is -0.384 e. The Balaban J connectivity index is 2.12. The van der Waals surface area contributed by atoms with Crippen molar-refractivity contribution in [2.75, 3.05) is 0 Å². The summed E-state index contributed by atoms with van der Waals surface area (Å²) >= 11 is 0. The van der Waals surface area contributed by atoms with Gasteiger partial charge in [-0.15, -0.1) is 0 Å². The van der Waals surface area contributed by atoms with E-state index >= 15 is 0 Å². The minimum absolute atomic E-state index is 0.0793. The van der Waals surface area contributed by atoms with E-state index in [1.165, 1.54) is 6.07 Å². The van der Waals surface area contributed by atoms with E-state index in [9.17, 15) is 27.5 Å². The number of amides is 1. The molecule has 3 aromatic rings. The van der Waals surface area contributed by atoms with Gasteiger partial charge in [-0.25, -0.2) is 9.07 Å². The first-order chi connectivity index (χ1) is 12.7. The number of halogens is 4. The van der Waals surface area contributed by atoms with Crippen molar-refractivity contribution in [1.82, 2.24) is 9.78 Å². The molecule has 0 aliphatic rings. The highest BCUT2D eigenvalue weighted by Gasteiger charge is 2.36. The molecular formula is C18H13F4N3O2. The summed E-state index contributed by atoms with van der Waals surface area (Å²) < 4.78 is 53.5. The van der Waals surface area contributed by atoms with E-state index in [4.69, 9.17) is 5.73 Å². The first-order valence-electron chi connectivity index (χ1n) is 7.68. The lowest BCUT2D eigenvalue weighted by Gasteiger charge is -2.14. The number of nitrogens with two attached hydrogens (primary N) is 1. The number of hydrogen-bond donors (Lipinski definition) is 2. The molecular weight excluding hydrogens is 366 g/mol. The number of aliphatic hydroxyl groups excluding tert-OH is 1. The van der Waals surface area contributed by atoms with Crippen LogP contribution in [0, 0.1) is 5.82 Å². The number of alkyl halides is 3. The molecule has 1 unspecified atom stereocenters. The van der Waals surface area contributed by atoms with E-state index in [1.54, 1.807) is 30.3 Å². The lowest BCUT2D eigenvalue weighted by molar-refractivity contribution is -0.141. The summed E-state index contributed by atoms with van der Waals surface area (Å²) in [5.74, 6) is -1.98. The van der Waals surface area contributed by atoms with Crippen molar-refractivity contribution in [2.45, 2.75) is 12.3 Å². The number of benzene rings is 2. The summed E-state index contributed by atoms with van der Waals surface area (Å²) in [5, 5.41) is 13.8. The Hall–Kier alpha value is -3.20. The van der Waals surface area contributed by atoms with E-state index in [0.29, 0.717) is 16.3 Å². The maximum Gasteiger partial charge on any atom is 0.435 e. The Bertz CT molecular complexity index is 984. The van der Waals surface area contributed by atoms with Gasteiger partial charge in [0.25, 0.3) is 5.91 Å². The summed E-state index contributed by atoms with van der Waals surface area (Å²) in [7, 11) is 0. The summed E-state index contributed by atoms with van der Waals surface area (Å²) in [4.78, 5) is 11.5. The topological polar surface area (TPSA) is 81.1 Å². The fraction of sp³-hybridized carbons (Fsp3) is 0.111. The fourth-order valence-corrected chi connectivity index (χ4v) is 2.60. The third-order valence-corrected chi connectivity index (χ3v) is 3.83. The molecule has 1 amide bonds. The van der Waals surface area contributed by atoms with Gasteiger partial charge in [-0.3, -0.25) is 4.79 Å². The molecule has 0 spiro atoms. The highest BCUT2D eigenvalue weighted by molar-refractivity contribution is 5.91. The molecule has 1 atom stereocenters. The minimum atomic E-state index is -4.81. The zero-order valence-corrected chi connectivity index (χ0v) is 13.6. The summed E-state index contributed by atoms with van der Waals surface area (Å²) in [6, 6.07) is 12.0. The number of hydrogen-bond acceptors (Lipinski definition) is 3. The molecule has 3 rings (SSSR count). The van der Waals surface area contributed by atoms with Gasteiger partial charge in [-0.05, 0) is 29.3 Å². The summed E-state index contributed by atoms with van der Waals surface area (Å²) in [6.45, 7) is 0. The molecule has 0 radical (unpaired) electrons. The quantitative estimate of drug-likeness (QED) is 0.683. The average molecular weight is 379 g/mol. The smallest absolute Gasteiger partial charge is 0.384 e. The van der Waals surface area contributed by atoms with Crippen molar-refractivity contribution in [3.05, 3.63) is 82.9 Å². The molecule has 5 nitrogen and oxygen atoms in total. The Kier molecular flexibility index (Phi) is 4.71. The van der Waals surface area contributed by atoms with Crippen molar-refractivity contribution in [2.24, 2.45) is 5.73 Å². The van der Waals surface area contributed by atoms with E-state index in [1.807, 2.05) is 0 Å². The van der Waals surface area contributed by atoms with Gasteiger partial charge in [0.05, 0.1) is 5.69 Å². The van der Waals surface area contributed by atoms with Crippen molar-refractivity contribution in [3.8, 4) is 5.69 Å². The van der Waals surface area contributed by atoms with Crippen LogP contribution in [0.25, 0.3) is 5.69 Å². The molecule has 0 saturated carbocycles. The monoisotopic (exact) mass is 379 g/mol. The second-order valence-corrected chi connectivity index (χ2v) is 5.74. The molecule has 1 aromatic heterocycles. The van der Waals surface area contributed by atoms with Crippen LogP contribution in [0.2, 0.25) is 0 Å². The van der Waals surface area contributed by atoms with Gasteiger partial charge in [-0.1, -0.05) is 30.3 Å². The number of primary amides is 1. The molecule has 0 bridgehead atoms. The van der Waals surface area contributed by atoms with Gasteiger partial charge in [-0.2, -0.15) is 18.3 Å². The first kappa shape index (κ1) is 18.6. The third-order valence-electron chi connectivity index (χ3n) is 3.83. The highest BCUT2D eigenvalue weighted by atomic mass is 19.4. The van der Waals surface area contributed by atoms with Gasteiger partial charge in [0.1, 0.15) is 17.6 Å². The van der Waals surface area contributed by atoms with E-state index in [2.05, 4.69) is 5.10 Å². The second kappa shape index (κ2) is 6.84. The molecule has 0 fully saturated rings. The SMILES string of the molecule is NC(=O)c1cc(C(F)(F)F)nn1-c1cc(F)cc(C(O)c2ccccc2)c1. The van der Waals surface area contributed by atoms with E-state index in [0.717, 1.165) is 12.1 Å². The lowest BCUT2D eigenvalue weighted by atomic mass is 10.0. The molecule has 2 aromatic carbocycles. The van der Waals surface area contributed by atoms with Crippen LogP contribution in [0.5, 0.6) is 0 Å². The molecule has 0 aliphatic carbocycles. The predicted octanol–water partition coefficient (Wildman–Crippen LogP) is 3.21. The van der Waals surface area contributed by atoms with E-state index < -0.39 is 35.4 Å². The van der Waals surface area contributed by atoms with Gasteiger partial charge >= 0.3 is 6.18 Å². The molecule has 0 saturated heterocycles. The Morgan fingerprint density at radius 2 is 1.74 bits per heavy atom. The van der Waals surface area contributed by atoms with Crippen LogP contribution in [0.15, 0.2) is 54.6 Å². The van der Waals surface area contributed by atoms with Crippen molar-refractivity contribution >= 4 is 5.91 Å². The van der Waals surface area contributed by atoms with Gasteiger partial charge in [0.15, 0.2) is 5.69 Å². The highest BCUT2D eigenvalue weighted by Crippen LogP contribution is 2.30. The molecule has 3 N–H and O–H groups in total. The van der Waals surface area contributed by atoms with E-state index in [-0.39, 0.29) is 11.3 Å². The summed E-state index contributed by atoms with van der Waals surface area (Å²) in [5.41, 5.74) is 3.58. The maximum atomic E-state index is 14.1. The largest absolute Gasteiger partial charge is 0.435 e. The molecule has 1 heterocycles. The third kappa shape index (κ3) is 3.82. The normalized spacial score (nSPS) is 12.8. The number of nitrogens with zero attached hydrogens (tertiary/aromatic N) is 2. The van der Waals surface area contributed by atoms with Gasteiger partial charge in [0.2, 0.25) is 0 Å². The summed E-state index contributed by atoms with van der Waals surface area (Å²) in [6.07, 6.45) is -6.04. The lowest BCUT2D eigenvalue weighted by Crippen LogP contribution is -2.17. The average Bonchev–Trinajstić information content (AvgIpc) is 3.07. The Morgan fingerprint density at radius 1 is 1.07 bits per heavy atom. The van der Waals surface area contributed by atoms with Crippen LogP contribution in [0.3, 0.4) is 0 Å². The zero-order valence-electron chi connectivity index (χ0n) is 13.6. The molecule has 27 heavy (non-hydrogen) atoms. The molecule has 9 heteroatoms. The van der Waals surface area contributed by atoms with Crippen molar-refractivity contribution < 1.29 is 27.5 Å². The van der Waals surface area contributed by atoms with Crippen LogP contribution >= 0.6 is 0 Å². The van der Waals surface area contributed by atoms with Gasteiger partial charge in [0, 0.05) is 6.07 Å². The van der Waals surface area contributed by atoms with Gasteiger partial charge < -0.3 is 10.8 Å². The van der Waals surface area contributed by atoms with Crippen LogP contribution in [0.1, 0.15) is 33.4 Å². The number of rotatable bonds is 4. The van der Waals surface area contributed by atoms with Crippen LogP contribution < -0.4 is 5.73 Å². The van der Waals surface area contributed by atoms with Crippen LogP contribution in [-0.2, 0) is 6.18 Å². The standard InChI is InChI=1S/C18H13F4N3O2/c19-12-6-11(16(26)10-4-2-1-3-5-10)7-13(8-12)25-14(17(23)27)9-15(24-25)18(20,21)22/h1-9,16,26H,(H2,23,27). The number of carbonyl (C=O) groups is 1. The first-order valence-corrected chi connectivity index (χ1v) is 7.68. The van der Waals surface area contributed by atoms with Crippen molar-refractivity contribution in [1.29, 1.82) is 0 Å². The number of aromatic nitrogens is 2. The Morgan fingerprint density at radius 3 is 2.33 bits per heavy atom. The zero-order chi connectivity index (χ0) is 19.8. The predicted molar refractivity (Wildman–Crippen MR) is 87.5 cm³/mol. The molecule has 0 aliphatic heterocycles. The fourth-order valence-electron chi connectivity index (χ4n) is 2.60. The van der Waals surface area contributed by atoms with Crippen LogP contribution in [-0.4, -0.2) is 20.8 Å². The molecule has 140 valence electrons. The number of carbonyl (C=O) groups excluding carboxylic acids is 1.